The van der Waals surface area contributed by atoms with E-state index in [4.69, 9.17) is 6.42 Å². The molecule has 2 heterocycles. The van der Waals surface area contributed by atoms with Crippen molar-refractivity contribution in [2.24, 2.45) is 0 Å². The van der Waals surface area contributed by atoms with Gasteiger partial charge in [0.25, 0.3) is 5.91 Å². The number of nitrogens with zero attached hydrogens (tertiary/aromatic N) is 2. The SMILES string of the molecule is C#Cc1ccc(C)c(NC(=O)c2cnn3ccccc23)c1. The van der Waals surface area contributed by atoms with Gasteiger partial charge in [-0.1, -0.05) is 18.1 Å². The molecule has 0 saturated heterocycles. The summed E-state index contributed by atoms with van der Waals surface area (Å²) in [6.45, 7) is 1.92. The second-order valence-corrected chi connectivity index (χ2v) is 4.72. The molecule has 1 amide bonds. The van der Waals surface area contributed by atoms with Crippen LogP contribution in [-0.2, 0) is 0 Å². The number of aryl methyl sites for hydroxylation is 1. The van der Waals surface area contributed by atoms with Gasteiger partial charge in [0.2, 0.25) is 0 Å². The molecule has 4 heteroatoms. The fraction of sp³-hybridized carbons (Fsp3) is 0.0588. The molecule has 3 aromatic rings. The van der Waals surface area contributed by atoms with Crippen molar-refractivity contribution in [2.75, 3.05) is 5.32 Å². The molecule has 0 aliphatic carbocycles. The van der Waals surface area contributed by atoms with Gasteiger partial charge in [0.15, 0.2) is 0 Å². The van der Waals surface area contributed by atoms with Crippen molar-refractivity contribution in [2.45, 2.75) is 6.92 Å². The van der Waals surface area contributed by atoms with E-state index in [1.807, 2.05) is 37.3 Å². The molecular formula is C17H13N3O. The second kappa shape index (κ2) is 5.14. The maximum absolute atomic E-state index is 12.4. The van der Waals surface area contributed by atoms with Gasteiger partial charge in [0, 0.05) is 17.4 Å². The van der Waals surface area contributed by atoms with Gasteiger partial charge in [-0.2, -0.15) is 5.10 Å². The lowest BCUT2D eigenvalue weighted by molar-refractivity contribution is 0.102. The van der Waals surface area contributed by atoms with Crippen LogP contribution < -0.4 is 5.32 Å². The monoisotopic (exact) mass is 275 g/mol. The highest BCUT2D eigenvalue weighted by Crippen LogP contribution is 2.19. The summed E-state index contributed by atoms with van der Waals surface area (Å²) in [6, 6.07) is 11.1. The van der Waals surface area contributed by atoms with Gasteiger partial charge in [-0.05, 0) is 36.8 Å². The van der Waals surface area contributed by atoms with Crippen molar-refractivity contribution in [3.8, 4) is 12.3 Å². The highest BCUT2D eigenvalue weighted by molar-refractivity contribution is 6.09. The number of fused-ring (bicyclic) bond motifs is 1. The van der Waals surface area contributed by atoms with Crippen molar-refractivity contribution in [1.29, 1.82) is 0 Å². The minimum absolute atomic E-state index is 0.200. The summed E-state index contributed by atoms with van der Waals surface area (Å²) in [7, 11) is 0. The molecule has 0 bridgehead atoms. The van der Waals surface area contributed by atoms with Crippen LogP contribution in [0.2, 0.25) is 0 Å². The Hall–Kier alpha value is -3.06. The number of carbonyl (C=O) groups is 1. The smallest absolute Gasteiger partial charge is 0.259 e. The van der Waals surface area contributed by atoms with Crippen LogP contribution in [-0.4, -0.2) is 15.5 Å². The maximum atomic E-state index is 12.4. The van der Waals surface area contributed by atoms with E-state index in [2.05, 4.69) is 16.3 Å². The predicted octanol–water partition coefficient (Wildman–Crippen LogP) is 2.88. The van der Waals surface area contributed by atoms with Crippen LogP contribution in [0, 0.1) is 19.3 Å². The van der Waals surface area contributed by atoms with E-state index in [1.165, 1.54) is 0 Å². The summed E-state index contributed by atoms with van der Waals surface area (Å²) >= 11 is 0. The number of nitrogens with one attached hydrogen (secondary N) is 1. The van der Waals surface area contributed by atoms with Crippen LogP contribution in [0.25, 0.3) is 5.52 Å². The summed E-state index contributed by atoms with van der Waals surface area (Å²) in [4.78, 5) is 12.4. The molecule has 3 rings (SSSR count). The number of anilines is 1. The van der Waals surface area contributed by atoms with Crippen molar-refractivity contribution in [3.63, 3.8) is 0 Å². The summed E-state index contributed by atoms with van der Waals surface area (Å²) in [5.41, 5.74) is 3.70. The second-order valence-electron chi connectivity index (χ2n) is 4.72. The van der Waals surface area contributed by atoms with Gasteiger partial charge in [0.05, 0.1) is 17.3 Å². The molecule has 0 radical (unpaired) electrons. The molecule has 1 aromatic carbocycles. The van der Waals surface area contributed by atoms with E-state index in [-0.39, 0.29) is 5.91 Å². The standard InChI is InChI=1S/C17H13N3O/c1-3-13-8-7-12(2)15(10-13)19-17(21)14-11-18-20-9-5-4-6-16(14)20/h1,4-11H,2H3,(H,19,21). The van der Waals surface area contributed by atoms with Crippen molar-refractivity contribution in [1.82, 2.24) is 9.61 Å². The highest BCUT2D eigenvalue weighted by atomic mass is 16.1. The molecule has 0 aliphatic rings. The molecule has 2 aromatic heterocycles. The predicted molar refractivity (Wildman–Crippen MR) is 82.3 cm³/mol. The molecule has 1 N–H and O–H groups in total. The van der Waals surface area contributed by atoms with E-state index in [0.29, 0.717) is 11.3 Å². The fourth-order valence-electron chi connectivity index (χ4n) is 2.15. The van der Waals surface area contributed by atoms with Gasteiger partial charge in [-0.25, -0.2) is 4.52 Å². The number of terminal acetylenes is 1. The Labute approximate surface area is 122 Å². The lowest BCUT2D eigenvalue weighted by atomic mass is 10.1. The normalized spacial score (nSPS) is 10.3. The number of benzene rings is 1. The number of aromatic nitrogens is 2. The minimum atomic E-state index is -0.200. The van der Waals surface area contributed by atoms with E-state index in [0.717, 1.165) is 16.6 Å². The molecule has 21 heavy (non-hydrogen) atoms. The first-order valence-electron chi connectivity index (χ1n) is 6.50. The van der Waals surface area contributed by atoms with E-state index in [9.17, 15) is 4.79 Å². The lowest BCUT2D eigenvalue weighted by Crippen LogP contribution is -2.12. The Kier molecular flexibility index (Phi) is 3.17. The number of amides is 1. The average molecular weight is 275 g/mol. The highest BCUT2D eigenvalue weighted by Gasteiger charge is 2.13. The Morgan fingerprint density at radius 2 is 2.19 bits per heavy atom. The van der Waals surface area contributed by atoms with Crippen molar-refractivity contribution in [3.05, 3.63) is 65.5 Å². The zero-order valence-electron chi connectivity index (χ0n) is 11.5. The summed E-state index contributed by atoms with van der Waals surface area (Å²) in [5.74, 6) is 2.36. The van der Waals surface area contributed by atoms with Crippen molar-refractivity contribution >= 4 is 17.1 Å². The molecule has 4 nitrogen and oxygen atoms in total. The first-order chi connectivity index (χ1) is 10.2. The van der Waals surface area contributed by atoms with Gasteiger partial charge < -0.3 is 5.32 Å². The first-order valence-corrected chi connectivity index (χ1v) is 6.50. The summed E-state index contributed by atoms with van der Waals surface area (Å²) in [5, 5.41) is 7.05. The zero-order chi connectivity index (χ0) is 14.8. The summed E-state index contributed by atoms with van der Waals surface area (Å²) in [6.07, 6.45) is 8.75. The van der Waals surface area contributed by atoms with Gasteiger partial charge in [-0.15, -0.1) is 6.42 Å². The molecule has 0 aliphatic heterocycles. The average Bonchev–Trinajstić information content (AvgIpc) is 2.93. The van der Waals surface area contributed by atoms with Crippen LogP contribution in [0.5, 0.6) is 0 Å². The third kappa shape index (κ3) is 2.37. The van der Waals surface area contributed by atoms with Crippen LogP contribution in [0.4, 0.5) is 5.69 Å². The minimum Gasteiger partial charge on any atom is -0.322 e. The first kappa shape index (κ1) is 12.9. The lowest BCUT2D eigenvalue weighted by Gasteiger charge is -2.08. The Balaban J connectivity index is 1.95. The van der Waals surface area contributed by atoms with Crippen LogP contribution in [0.1, 0.15) is 21.5 Å². The Bertz CT molecular complexity index is 871. The van der Waals surface area contributed by atoms with Crippen LogP contribution >= 0.6 is 0 Å². The van der Waals surface area contributed by atoms with Gasteiger partial charge in [-0.3, -0.25) is 4.79 Å². The fourth-order valence-corrected chi connectivity index (χ4v) is 2.15. The number of rotatable bonds is 2. The molecule has 0 spiro atoms. The third-order valence-electron chi connectivity index (χ3n) is 3.32. The number of pyridine rings is 1. The van der Waals surface area contributed by atoms with Crippen molar-refractivity contribution < 1.29 is 4.79 Å². The van der Waals surface area contributed by atoms with Crippen LogP contribution in [0.3, 0.4) is 0 Å². The van der Waals surface area contributed by atoms with Gasteiger partial charge >= 0.3 is 0 Å². The number of hydrogen-bond acceptors (Lipinski definition) is 2. The molecule has 0 unspecified atom stereocenters. The quantitative estimate of drug-likeness (QED) is 0.731. The Morgan fingerprint density at radius 3 is 3.00 bits per heavy atom. The largest absolute Gasteiger partial charge is 0.322 e. The molecule has 0 atom stereocenters. The molecular weight excluding hydrogens is 262 g/mol. The number of carbonyl (C=O) groups excluding carboxylic acids is 1. The number of hydrogen-bond donors (Lipinski definition) is 1. The Morgan fingerprint density at radius 1 is 1.33 bits per heavy atom. The topological polar surface area (TPSA) is 46.4 Å². The zero-order valence-corrected chi connectivity index (χ0v) is 11.5. The van der Waals surface area contributed by atoms with E-state index < -0.39 is 0 Å². The van der Waals surface area contributed by atoms with E-state index >= 15 is 0 Å². The third-order valence-corrected chi connectivity index (χ3v) is 3.32. The van der Waals surface area contributed by atoms with E-state index in [1.54, 1.807) is 23.0 Å². The van der Waals surface area contributed by atoms with Gasteiger partial charge in [0.1, 0.15) is 0 Å². The molecule has 102 valence electrons. The molecule has 0 fully saturated rings. The summed E-state index contributed by atoms with van der Waals surface area (Å²) < 4.78 is 1.67. The van der Waals surface area contributed by atoms with Crippen LogP contribution in [0.15, 0.2) is 48.8 Å². The molecule has 0 saturated carbocycles. The maximum Gasteiger partial charge on any atom is 0.259 e.